The third kappa shape index (κ3) is 33.2. The van der Waals surface area contributed by atoms with Gasteiger partial charge in [-0.15, -0.1) is 0 Å². The molecular weight excluding hydrogens is 1720 g/mol. The highest BCUT2D eigenvalue weighted by Gasteiger charge is 2.41. The van der Waals surface area contributed by atoms with Crippen LogP contribution in [0.5, 0.6) is 0 Å². The summed E-state index contributed by atoms with van der Waals surface area (Å²) < 4.78 is 146. The summed E-state index contributed by atoms with van der Waals surface area (Å²) >= 11 is 0. The number of imidazole rings is 2. The molecule has 2 saturated heterocycles. The number of aryl methyl sites for hydroxylation is 4. The largest absolute Gasteiger partial charge is 0.490 e. The molecule has 11 rings (SSSR count). The molecule has 1 unspecified atom stereocenters. The molecule has 0 saturated carbocycles. The predicted molar refractivity (Wildman–Crippen MR) is 437 cm³/mol. The van der Waals surface area contributed by atoms with Crippen LogP contribution in [0.15, 0.2) is 140 Å². The van der Waals surface area contributed by atoms with E-state index in [1.165, 1.54) is 18.2 Å². The van der Waals surface area contributed by atoms with E-state index in [9.17, 15) is 95.8 Å². The fourth-order valence-electron chi connectivity index (χ4n) is 13.5. The zero-order chi connectivity index (χ0) is 95.6. The third-order valence-electron chi connectivity index (χ3n) is 19.9. The first kappa shape index (κ1) is 98.5. The van der Waals surface area contributed by atoms with E-state index in [1.54, 1.807) is 46.7 Å². The van der Waals surface area contributed by atoms with E-state index in [-0.39, 0.29) is 105 Å². The summed E-state index contributed by atoms with van der Waals surface area (Å²) in [7, 11) is 0. The van der Waals surface area contributed by atoms with Gasteiger partial charge in [0.05, 0.1) is 82.4 Å². The van der Waals surface area contributed by atoms with Gasteiger partial charge >= 0.3 is 48.6 Å². The fraction of sp³-hybridized carbons (Fsp3) is 0.417. The molecule has 4 aliphatic heterocycles. The molecule has 0 spiro atoms. The Kier molecular flexibility index (Phi) is 37.3. The SMILES string of the molecule is O=C(O)C(F)(F)F.O=C(O)C(F)(F)F.O=C(O)C(F)(F)F.O=C(O)C(F)(F)F.[3H]CC([3H])C(=O)NCc1cc(C(=O)NCCNC(=O)CCc2cn(CCCCC3CCN(CC(=O)N4c5ccccc5NC(=O)c5ccccc54)CC3)cn2)cc(C(=O)NCCNC(=O)CCc2cn(CCCCC3CCN(CC(=O)N4c5ccccc5NC(=O)c5ccccc54)CC3)cn2)c1. The Morgan fingerprint density at radius 1 is 0.453 bits per heavy atom. The van der Waals surface area contributed by atoms with E-state index in [0.717, 1.165) is 115 Å². The van der Waals surface area contributed by atoms with Crippen LogP contribution in [0.1, 0.15) is 151 Å². The average molecular weight is 1820 g/mol. The van der Waals surface area contributed by atoms with Crippen molar-refractivity contribution in [2.45, 2.75) is 148 Å². The lowest BCUT2D eigenvalue weighted by atomic mass is 9.91. The van der Waals surface area contributed by atoms with Gasteiger partial charge in [-0.25, -0.2) is 29.1 Å². The molecule has 11 N–H and O–H groups in total. The standard InChI is InChI=1S/C76H91N15O9.4C2HF3O2/c1-2-68(92)81-46-55-43-56(73(97)79-35-33-77-69(93)27-25-58-47-88(51-82-58)37-13-11-15-53-29-39-86(40-30-53)49-71(95)90-64-21-7-3-17-60(64)75(99)84-62-19-5-9-23-66(62)90)45-57(44-55)74(98)80-36-34-78-70(94)28-26-59-48-89(52-83-59)38-14-12-16-54-31-41-87(42-32-54)50-72(96)91-65-22-8-4-18-61(65)76(100)85-63-20-6-10-24-67(63)91;4*3-2(4,5)1(6)7/h3-10,17-24,43-45,47-48,51-54H,2,11-16,25-42,46,49-50H2,1H3,(H,77,93)(H,78,94)(H,79,97)(H,80,98)(H,81,92)(H,84,99)(H,85,100);4*(H,6,7)/i1T,2T;;;;. The number of amides is 9. The quantitative estimate of drug-likeness (QED) is 0.0142. The summed E-state index contributed by atoms with van der Waals surface area (Å²) in [6.45, 7) is 5.38. The number of carboxylic acid groups (broad SMARTS) is 4. The average Bonchev–Trinajstić information content (AvgIpc) is 1.65. The number of carbonyl (C=O) groups excluding carboxylic acids is 9. The first-order valence-electron chi connectivity index (χ1n) is 41.2. The second-order valence-electron chi connectivity index (χ2n) is 29.3. The number of rotatable bonds is 31. The number of carbonyl (C=O) groups is 13. The van der Waals surface area contributed by atoms with E-state index in [1.807, 2.05) is 94.3 Å². The maximum absolute atomic E-state index is 14.0. The van der Waals surface area contributed by atoms with Crippen LogP contribution in [0.4, 0.5) is 86.8 Å². The third-order valence-corrected chi connectivity index (χ3v) is 19.9. The number of fused-ring (bicyclic) bond motifs is 4. The molecular formula is C84H95F12N15O17. The van der Waals surface area contributed by atoms with Gasteiger partial charge in [0.25, 0.3) is 23.6 Å². The summed E-state index contributed by atoms with van der Waals surface area (Å²) in [6, 6.07) is 33.7. The Morgan fingerprint density at radius 2 is 0.789 bits per heavy atom. The van der Waals surface area contributed by atoms with Gasteiger partial charge in [0, 0.05) is 91.3 Å². The number of anilines is 6. The number of halogens is 12. The van der Waals surface area contributed by atoms with Gasteiger partial charge in [0.2, 0.25) is 29.5 Å². The highest BCUT2D eigenvalue weighted by molar-refractivity contribution is 6.19. The molecule has 0 aliphatic carbocycles. The van der Waals surface area contributed by atoms with Crippen molar-refractivity contribution in [3.63, 3.8) is 0 Å². The van der Waals surface area contributed by atoms with Crippen molar-refractivity contribution in [1.82, 2.24) is 55.5 Å². The lowest BCUT2D eigenvalue weighted by Crippen LogP contribution is -2.42. The number of nitrogens with zero attached hydrogens (tertiary/aromatic N) is 8. The number of para-hydroxylation sites is 6. The van der Waals surface area contributed by atoms with Crippen LogP contribution >= 0.6 is 0 Å². The summed E-state index contributed by atoms with van der Waals surface area (Å²) in [6.07, 6.45) is -2.54. The van der Waals surface area contributed by atoms with E-state index >= 15 is 0 Å². The second kappa shape index (κ2) is 48.4. The minimum atomic E-state index is -5.08. The Morgan fingerprint density at radius 3 is 1.14 bits per heavy atom. The van der Waals surface area contributed by atoms with Crippen LogP contribution in [0.3, 0.4) is 0 Å². The number of alkyl halides is 12. The van der Waals surface area contributed by atoms with E-state index in [0.29, 0.717) is 75.5 Å². The maximum atomic E-state index is 14.0. The Labute approximate surface area is 727 Å². The van der Waals surface area contributed by atoms with Crippen molar-refractivity contribution in [3.05, 3.63) is 180 Å². The maximum Gasteiger partial charge on any atom is 0.490 e. The molecule has 692 valence electrons. The van der Waals surface area contributed by atoms with Crippen LogP contribution < -0.4 is 47.0 Å². The summed E-state index contributed by atoms with van der Waals surface area (Å²) in [5.74, 6) is -12.6. The summed E-state index contributed by atoms with van der Waals surface area (Å²) in [4.78, 5) is 172. The summed E-state index contributed by atoms with van der Waals surface area (Å²) in [5, 5.41) is 48.2. The molecule has 4 aliphatic rings. The van der Waals surface area contributed by atoms with Gasteiger partial charge < -0.3 is 66.8 Å². The first-order chi connectivity index (χ1) is 61.4. The molecule has 9 amide bonds. The minimum Gasteiger partial charge on any atom is -0.475 e. The fourth-order valence-corrected chi connectivity index (χ4v) is 13.5. The van der Waals surface area contributed by atoms with Gasteiger partial charge in [0.15, 0.2) is 0 Å². The van der Waals surface area contributed by atoms with Crippen molar-refractivity contribution in [1.29, 1.82) is 0 Å². The lowest BCUT2D eigenvalue weighted by Gasteiger charge is -2.33. The lowest BCUT2D eigenvalue weighted by molar-refractivity contribution is -0.193. The van der Waals surface area contributed by atoms with Crippen LogP contribution in [-0.2, 0) is 75.6 Å². The Bertz CT molecular complexity index is 4740. The monoisotopic (exact) mass is 1820 g/mol. The molecule has 32 nitrogen and oxygen atoms in total. The number of hydrogen-bond acceptors (Lipinski definition) is 17. The minimum absolute atomic E-state index is 0.0731. The van der Waals surface area contributed by atoms with Crippen molar-refractivity contribution in [2.24, 2.45) is 11.8 Å². The molecule has 5 aromatic carbocycles. The second-order valence-corrected chi connectivity index (χ2v) is 29.3. The molecule has 2 fully saturated rings. The number of benzene rings is 5. The Balaban J connectivity index is 0.000000713. The molecule has 128 heavy (non-hydrogen) atoms. The normalized spacial score (nSPS) is 14.5. The molecule has 0 bridgehead atoms. The summed E-state index contributed by atoms with van der Waals surface area (Å²) in [5.41, 5.74) is 6.88. The number of aliphatic carboxylic acids is 4. The number of hydrogen-bond donors (Lipinski definition) is 11. The topological polar surface area (TPSA) is 436 Å². The smallest absolute Gasteiger partial charge is 0.475 e. The van der Waals surface area contributed by atoms with Gasteiger partial charge in [-0.05, 0) is 162 Å². The molecule has 44 heteroatoms. The van der Waals surface area contributed by atoms with Crippen LogP contribution in [0.25, 0.3) is 0 Å². The van der Waals surface area contributed by atoms with Crippen LogP contribution in [0.2, 0.25) is 0 Å². The first-order valence-corrected chi connectivity index (χ1v) is 39.9. The van der Waals surface area contributed by atoms with Crippen molar-refractivity contribution < 1.29 is 138 Å². The number of likely N-dealkylation sites (tertiary alicyclic amines) is 2. The number of piperidine rings is 2. The van der Waals surface area contributed by atoms with Crippen molar-refractivity contribution in [2.75, 3.05) is 85.9 Å². The van der Waals surface area contributed by atoms with E-state index in [4.69, 9.17) is 42.3 Å². The number of unbranched alkanes of at least 4 members (excludes halogenated alkanes) is 2. The molecule has 0 radical (unpaired) electrons. The zero-order valence-electron chi connectivity index (χ0n) is 70.5. The molecule has 1 atom stereocenters. The van der Waals surface area contributed by atoms with Crippen LogP contribution in [0, 0.1) is 11.8 Å². The van der Waals surface area contributed by atoms with Gasteiger partial charge in [-0.1, -0.05) is 81.1 Å². The van der Waals surface area contributed by atoms with Gasteiger partial charge in [-0.3, -0.25) is 62.8 Å². The van der Waals surface area contributed by atoms with Crippen LogP contribution in [-0.4, -0.2) is 217 Å². The number of aromatic nitrogens is 4. The van der Waals surface area contributed by atoms with Crippen molar-refractivity contribution >= 4 is 111 Å². The Hall–Kier alpha value is -13.3. The van der Waals surface area contributed by atoms with Gasteiger partial charge in [0.1, 0.15) is 0 Å². The molecule has 7 aromatic rings. The van der Waals surface area contributed by atoms with E-state index in [2.05, 4.69) is 57.0 Å². The number of nitrogens with one attached hydrogen (secondary N) is 7. The predicted octanol–water partition coefficient (Wildman–Crippen LogP) is 11.2. The highest BCUT2D eigenvalue weighted by atomic mass is 19.4. The van der Waals surface area contributed by atoms with Crippen molar-refractivity contribution in [3.8, 4) is 0 Å². The zero-order valence-corrected chi connectivity index (χ0v) is 68.5. The molecule has 2 aromatic heterocycles. The van der Waals surface area contributed by atoms with Gasteiger partial charge in [-0.2, -0.15) is 52.7 Å². The number of carboxylic acids is 4. The van der Waals surface area contributed by atoms with E-state index < -0.39 is 79.6 Å². The molecule has 6 heterocycles. The highest BCUT2D eigenvalue weighted by Crippen LogP contribution is 2.40.